The third-order valence-corrected chi connectivity index (χ3v) is 4.63. The molecule has 3 rings (SSSR count). The van der Waals surface area contributed by atoms with E-state index in [1.54, 1.807) is 30.3 Å². The molecule has 32 heavy (non-hydrogen) atoms. The molecule has 0 aliphatic heterocycles. The quantitative estimate of drug-likeness (QED) is 0.310. The molecule has 0 aromatic heterocycles. The molecule has 3 aromatic carbocycles. The first kappa shape index (κ1) is 22.8. The van der Waals surface area contributed by atoms with Crippen LogP contribution in [0.2, 0.25) is 5.02 Å². The Bertz CT molecular complexity index is 1090. The van der Waals surface area contributed by atoms with Crippen LogP contribution in [0.3, 0.4) is 0 Å². The minimum absolute atomic E-state index is 0.255. The number of hydrazone groups is 1. The summed E-state index contributed by atoms with van der Waals surface area (Å²) in [7, 11) is 1.53. The molecule has 8 heteroatoms. The van der Waals surface area contributed by atoms with Crippen molar-refractivity contribution in [1.29, 1.82) is 0 Å². The maximum atomic E-state index is 11.9. The van der Waals surface area contributed by atoms with Gasteiger partial charge in [-0.05, 0) is 47.0 Å². The topological polar surface area (TPSA) is 89.0 Å². The van der Waals surface area contributed by atoms with E-state index in [-0.39, 0.29) is 6.54 Å². The minimum atomic E-state index is -0.855. The lowest BCUT2D eigenvalue weighted by atomic mass is 10.2. The van der Waals surface area contributed by atoms with Crippen LogP contribution in [0.5, 0.6) is 11.5 Å². The van der Waals surface area contributed by atoms with Crippen molar-refractivity contribution >= 4 is 29.6 Å². The highest BCUT2D eigenvalue weighted by molar-refractivity contribution is 6.35. The third kappa shape index (κ3) is 6.85. The lowest BCUT2D eigenvalue weighted by Gasteiger charge is -2.11. The van der Waals surface area contributed by atoms with Gasteiger partial charge in [0.05, 0.1) is 13.3 Å². The molecular weight excluding hydrogens is 430 g/mol. The van der Waals surface area contributed by atoms with Gasteiger partial charge in [0.2, 0.25) is 0 Å². The lowest BCUT2D eigenvalue weighted by molar-refractivity contribution is -0.139. The SMILES string of the molecule is COc1cc(/C=N/NC(=O)C(=O)NCc2ccccc2)ccc1OCc1ccc(Cl)cc1. The second-order valence-electron chi connectivity index (χ2n) is 6.69. The molecule has 0 saturated carbocycles. The van der Waals surface area contributed by atoms with E-state index < -0.39 is 11.8 Å². The Hall–Kier alpha value is -3.84. The van der Waals surface area contributed by atoms with E-state index in [0.29, 0.717) is 28.7 Å². The number of carbonyl (C=O) groups is 2. The molecule has 0 aliphatic carbocycles. The van der Waals surface area contributed by atoms with Gasteiger partial charge in [-0.2, -0.15) is 5.10 Å². The summed E-state index contributed by atoms with van der Waals surface area (Å²) in [6, 6.07) is 21.9. The fourth-order valence-corrected chi connectivity index (χ4v) is 2.83. The Morgan fingerprint density at radius 3 is 2.41 bits per heavy atom. The molecule has 0 saturated heterocycles. The van der Waals surface area contributed by atoms with Gasteiger partial charge >= 0.3 is 11.8 Å². The minimum Gasteiger partial charge on any atom is -0.493 e. The molecule has 3 aromatic rings. The highest BCUT2D eigenvalue weighted by atomic mass is 35.5. The first-order chi connectivity index (χ1) is 15.5. The number of hydrogen-bond donors (Lipinski definition) is 2. The van der Waals surface area contributed by atoms with Gasteiger partial charge in [0.1, 0.15) is 6.61 Å². The zero-order valence-corrected chi connectivity index (χ0v) is 18.1. The summed E-state index contributed by atoms with van der Waals surface area (Å²) in [5, 5.41) is 7.03. The van der Waals surface area contributed by atoms with Crippen LogP contribution in [0.4, 0.5) is 0 Å². The van der Waals surface area contributed by atoms with Crippen molar-refractivity contribution in [3.8, 4) is 11.5 Å². The molecule has 7 nitrogen and oxygen atoms in total. The van der Waals surface area contributed by atoms with Crippen molar-refractivity contribution in [3.05, 3.63) is 94.5 Å². The van der Waals surface area contributed by atoms with Gasteiger partial charge in [0.25, 0.3) is 0 Å². The third-order valence-electron chi connectivity index (χ3n) is 4.38. The summed E-state index contributed by atoms with van der Waals surface area (Å²) in [5.41, 5.74) is 4.72. The first-order valence-corrected chi connectivity index (χ1v) is 10.1. The van der Waals surface area contributed by atoms with E-state index in [2.05, 4.69) is 15.8 Å². The Kier molecular flexibility index (Phi) is 8.22. The van der Waals surface area contributed by atoms with Crippen LogP contribution in [0.15, 0.2) is 77.9 Å². The number of carbonyl (C=O) groups excluding carboxylic acids is 2. The zero-order valence-electron chi connectivity index (χ0n) is 17.4. The van der Waals surface area contributed by atoms with Crippen molar-refractivity contribution in [2.24, 2.45) is 5.10 Å². The monoisotopic (exact) mass is 451 g/mol. The Labute approximate surface area is 191 Å². The number of methoxy groups -OCH3 is 1. The smallest absolute Gasteiger partial charge is 0.329 e. The van der Waals surface area contributed by atoms with Gasteiger partial charge in [-0.15, -0.1) is 0 Å². The molecule has 0 heterocycles. The molecule has 0 unspecified atom stereocenters. The Morgan fingerprint density at radius 2 is 1.69 bits per heavy atom. The maximum Gasteiger partial charge on any atom is 0.329 e. The number of amides is 2. The second kappa shape index (κ2) is 11.5. The molecule has 0 spiro atoms. The van der Waals surface area contributed by atoms with Crippen LogP contribution in [0.25, 0.3) is 0 Å². The van der Waals surface area contributed by atoms with E-state index in [9.17, 15) is 9.59 Å². The van der Waals surface area contributed by atoms with E-state index in [1.807, 2.05) is 42.5 Å². The number of hydrogen-bond acceptors (Lipinski definition) is 5. The number of nitrogens with zero attached hydrogens (tertiary/aromatic N) is 1. The molecular formula is C24H22ClN3O4. The fraction of sp³-hybridized carbons (Fsp3) is 0.125. The molecule has 0 radical (unpaired) electrons. The Balaban J connectivity index is 1.51. The summed E-state index contributed by atoms with van der Waals surface area (Å²) in [5.74, 6) is -0.555. The molecule has 0 fully saturated rings. The number of nitrogens with one attached hydrogen (secondary N) is 2. The molecule has 0 atom stereocenters. The predicted molar refractivity (Wildman–Crippen MR) is 123 cm³/mol. The normalized spacial score (nSPS) is 10.6. The van der Waals surface area contributed by atoms with E-state index in [1.165, 1.54) is 13.3 Å². The predicted octanol–water partition coefficient (Wildman–Crippen LogP) is 3.69. The van der Waals surface area contributed by atoms with Gasteiger partial charge in [0.15, 0.2) is 11.5 Å². The number of rotatable bonds is 8. The number of halogens is 1. The van der Waals surface area contributed by atoms with Crippen LogP contribution in [0, 0.1) is 0 Å². The largest absolute Gasteiger partial charge is 0.493 e. The zero-order chi connectivity index (χ0) is 22.8. The number of benzene rings is 3. The van der Waals surface area contributed by atoms with Crippen LogP contribution >= 0.6 is 11.6 Å². The van der Waals surface area contributed by atoms with Crippen LogP contribution in [-0.2, 0) is 22.7 Å². The van der Waals surface area contributed by atoms with Crippen LogP contribution in [0.1, 0.15) is 16.7 Å². The summed E-state index contributed by atoms with van der Waals surface area (Å²) in [4.78, 5) is 23.8. The lowest BCUT2D eigenvalue weighted by Crippen LogP contribution is -2.37. The van der Waals surface area contributed by atoms with Gasteiger partial charge < -0.3 is 14.8 Å². The molecule has 0 aliphatic rings. The fourth-order valence-electron chi connectivity index (χ4n) is 2.70. The van der Waals surface area contributed by atoms with Gasteiger partial charge in [-0.1, -0.05) is 54.1 Å². The summed E-state index contributed by atoms with van der Waals surface area (Å²) in [6.45, 7) is 0.612. The summed E-state index contributed by atoms with van der Waals surface area (Å²) in [6.07, 6.45) is 1.41. The highest BCUT2D eigenvalue weighted by Crippen LogP contribution is 2.28. The molecule has 2 amide bonds. The average molecular weight is 452 g/mol. The first-order valence-electron chi connectivity index (χ1n) is 9.75. The van der Waals surface area contributed by atoms with Gasteiger partial charge in [-0.25, -0.2) is 5.43 Å². The Morgan fingerprint density at radius 1 is 0.938 bits per heavy atom. The van der Waals surface area contributed by atoms with Crippen LogP contribution < -0.4 is 20.2 Å². The van der Waals surface area contributed by atoms with Crippen molar-refractivity contribution in [1.82, 2.24) is 10.7 Å². The van der Waals surface area contributed by atoms with Crippen molar-refractivity contribution in [2.45, 2.75) is 13.2 Å². The number of ether oxygens (including phenoxy) is 2. The second-order valence-corrected chi connectivity index (χ2v) is 7.13. The molecule has 0 bridgehead atoms. The standard InChI is InChI=1S/C24H22ClN3O4/c1-31-22-13-19(9-12-21(22)32-16-18-7-10-20(25)11-8-18)15-27-28-24(30)23(29)26-14-17-5-3-2-4-6-17/h2-13,15H,14,16H2,1H3,(H,26,29)(H,28,30)/b27-15+. The highest BCUT2D eigenvalue weighted by Gasteiger charge is 2.12. The van der Waals surface area contributed by atoms with Crippen LogP contribution in [-0.4, -0.2) is 25.1 Å². The van der Waals surface area contributed by atoms with Gasteiger partial charge in [0, 0.05) is 11.6 Å². The molecule has 2 N–H and O–H groups in total. The van der Waals surface area contributed by atoms with E-state index in [0.717, 1.165) is 11.1 Å². The van der Waals surface area contributed by atoms with Gasteiger partial charge in [-0.3, -0.25) is 9.59 Å². The van der Waals surface area contributed by atoms with E-state index >= 15 is 0 Å². The maximum absolute atomic E-state index is 11.9. The van der Waals surface area contributed by atoms with E-state index in [4.69, 9.17) is 21.1 Å². The summed E-state index contributed by atoms with van der Waals surface area (Å²) < 4.78 is 11.2. The summed E-state index contributed by atoms with van der Waals surface area (Å²) >= 11 is 5.89. The van der Waals surface area contributed by atoms with Crippen molar-refractivity contribution < 1.29 is 19.1 Å². The molecule has 164 valence electrons. The van der Waals surface area contributed by atoms with Crippen molar-refractivity contribution in [3.63, 3.8) is 0 Å². The van der Waals surface area contributed by atoms with Crippen molar-refractivity contribution in [2.75, 3.05) is 7.11 Å². The average Bonchev–Trinajstić information content (AvgIpc) is 2.83.